The lowest BCUT2D eigenvalue weighted by Crippen LogP contribution is -2.13. The van der Waals surface area contributed by atoms with E-state index in [1.54, 1.807) is 6.92 Å². The number of hydrogen-bond donors (Lipinski definition) is 1. The maximum Gasteiger partial charge on any atom is 0.223 e. The second-order valence-corrected chi connectivity index (χ2v) is 4.85. The molecule has 0 bridgehead atoms. The lowest BCUT2D eigenvalue weighted by molar-refractivity contribution is 0.385. The molecule has 0 radical (unpaired) electrons. The Kier molecular flexibility index (Phi) is 3.11. The highest BCUT2D eigenvalue weighted by atomic mass is 16.5. The van der Waals surface area contributed by atoms with Crippen molar-refractivity contribution >= 4 is 0 Å². The van der Waals surface area contributed by atoms with Gasteiger partial charge in [-0.2, -0.15) is 4.98 Å². The minimum Gasteiger partial charge on any atom is -0.340 e. The number of nitrogens with zero attached hydrogens (tertiary/aromatic N) is 2. The van der Waals surface area contributed by atoms with Crippen LogP contribution in [-0.4, -0.2) is 10.1 Å². The first-order chi connectivity index (χ1) is 8.81. The summed E-state index contributed by atoms with van der Waals surface area (Å²) in [4.78, 5) is 4.15. The average molecular weight is 243 g/mol. The van der Waals surface area contributed by atoms with Crippen LogP contribution in [0.15, 0.2) is 28.8 Å². The summed E-state index contributed by atoms with van der Waals surface area (Å²) in [5.74, 6) is 2.15. The molecule has 1 heterocycles. The van der Waals surface area contributed by atoms with Crippen molar-refractivity contribution in [2.45, 2.75) is 38.8 Å². The van der Waals surface area contributed by atoms with Gasteiger partial charge in [0.15, 0.2) is 5.82 Å². The predicted molar refractivity (Wildman–Crippen MR) is 68.0 cm³/mol. The summed E-state index contributed by atoms with van der Waals surface area (Å²) in [6.45, 7) is 3.27. The average Bonchev–Trinajstić information content (AvgIpc) is 3.15. The van der Waals surface area contributed by atoms with E-state index >= 15 is 0 Å². The van der Waals surface area contributed by atoms with Gasteiger partial charge in [-0.3, -0.25) is 0 Å². The third kappa shape index (κ3) is 2.76. The second-order valence-electron chi connectivity index (χ2n) is 4.85. The van der Waals surface area contributed by atoms with E-state index < -0.39 is 0 Å². The number of rotatable bonds is 5. The molecule has 4 nitrogen and oxygen atoms in total. The van der Waals surface area contributed by atoms with E-state index in [1.165, 1.54) is 24.0 Å². The molecule has 0 aliphatic heterocycles. The van der Waals surface area contributed by atoms with Crippen molar-refractivity contribution in [3.63, 3.8) is 0 Å². The molecular weight excluding hydrogens is 226 g/mol. The van der Waals surface area contributed by atoms with Crippen molar-refractivity contribution in [2.24, 2.45) is 0 Å². The van der Waals surface area contributed by atoms with Gasteiger partial charge in [-0.25, -0.2) is 0 Å². The van der Waals surface area contributed by atoms with Gasteiger partial charge >= 0.3 is 0 Å². The molecule has 4 heteroatoms. The number of aryl methyl sites for hydroxylation is 1. The zero-order valence-electron chi connectivity index (χ0n) is 10.5. The molecule has 3 rings (SSSR count). The van der Waals surface area contributed by atoms with Crippen LogP contribution in [0.25, 0.3) is 0 Å². The molecule has 0 amide bonds. The van der Waals surface area contributed by atoms with Crippen molar-refractivity contribution in [1.82, 2.24) is 15.5 Å². The molecule has 0 spiro atoms. The van der Waals surface area contributed by atoms with Crippen molar-refractivity contribution in [2.75, 3.05) is 0 Å². The Balaban J connectivity index is 1.50. The van der Waals surface area contributed by atoms with Crippen LogP contribution in [0, 0.1) is 6.92 Å². The van der Waals surface area contributed by atoms with Crippen molar-refractivity contribution < 1.29 is 4.52 Å². The quantitative estimate of drug-likeness (QED) is 0.876. The summed E-state index contributed by atoms with van der Waals surface area (Å²) in [6, 6.07) is 8.88. The van der Waals surface area contributed by atoms with Gasteiger partial charge in [0, 0.05) is 13.5 Å². The normalized spacial score (nSPS) is 14.9. The molecule has 1 aliphatic carbocycles. The van der Waals surface area contributed by atoms with Crippen molar-refractivity contribution in [3.05, 3.63) is 47.1 Å². The highest BCUT2D eigenvalue weighted by molar-refractivity contribution is 5.27. The number of aromatic nitrogens is 2. The first kappa shape index (κ1) is 11.4. The Morgan fingerprint density at radius 2 is 2.00 bits per heavy atom. The monoisotopic (exact) mass is 243 g/mol. The fourth-order valence-electron chi connectivity index (χ4n) is 2.06. The molecule has 94 valence electrons. The van der Waals surface area contributed by atoms with Crippen LogP contribution >= 0.6 is 0 Å². The van der Waals surface area contributed by atoms with E-state index in [9.17, 15) is 0 Å². The molecule has 1 N–H and O–H groups in total. The molecule has 1 aromatic carbocycles. The number of benzene rings is 1. The molecule has 0 unspecified atom stereocenters. The van der Waals surface area contributed by atoms with E-state index in [0.717, 1.165) is 12.5 Å². The molecule has 1 aliphatic rings. The Morgan fingerprint density at radius 1 is 1.22 bits per heavy atom. The van der Waals surface area contributed by atoms with Crippen LogP contribution in [0.2, 0.25) is 0 Å². The molecule has 1 fully saturated rings. The topological polar surface area (TPSA) is 51.0 Å². The van der Waals surface area contributed by atoms with Crippen LogP contribution in [0.1, 0.15) is 41.6 Å². The van der Waals surface area contributed by atoms with Crippen LogP contribution < -0.4 is 5.32 Å². The maximum atomic E-state index is 4.92. The minimum absolute atomic E-state index is 0.612. The summed E-state index contributed by atoms with van der Waals surface area (Å²) >= 11 is 0. The Hall–Kier alpha value is -1.68. The zero-order chi connectivity index (χ0) is 12.4. The number of hydrogen-bond acceptors (Lipinski definition) is 4. The largest absolute Gasteiger partial charge is 0.340 e. The first-order valence-electron chi connectivity index (χ1n) is 6.40. The standard InChI is InChI=1S/C14H17N3O/c1-10-16-14(17-18-10)9-15-8-11-2-4-12(5-3-11)13-6-7-13/h2-5,13,15H,6-9H2,1H3. The lowest BCUT2D eigenvalue weighted by Gasteiger charge is -2.04. The first-order valence-corrected chi connectivity index (χ1v) is 6.40. The van der Waals surface area contributed by atoms with Gasteiger partial charge in [0.2, 0.25) is 5.89 Å². The van der Waals surface area contributed by atoms with E-state index in [1.807, 2.05) is 0 Å². The SMILES string of the molecule is Cc1nc(CNCc2ccc(C3CC3)cc2)no1. The third-order valence-corrected chi connectivity index (χ3v) is 3.21. The van der Waals surface area contributed by atoms with Gasteiger partial charge in [-0.05, 0) is 29.9 Å². The Bertz CT molecular complexity index is 514. The summed E-state index contributed by atoms with van der Waals surface area (Å²) in [6.07, 6.45) is 2.71. The van der Waals surface area contributed by atoms with Crippen LogP contribution in [0.4, 0.5) is 0 Å². The van der Waals surface area contributed by atoms with Gasteiger partial charge in [0.05, 0.1) is 6.54 Å². The highest BCUT2D eigenvalue weighted by Gasteiger charge is 2.22. The van der Waals surface area contributed by atoms with Gasteiger partial charge < -0.3 is 9.84 Å². The lowest BCUT2D eigenvalue weighted by atomic mass is 10.1. The van der Waals surface area contributed by atoms with E-state index in [0.29, 0.717) is 18.3 Å². The zero-order valence-corrected chi connectivity index (χ0v) is 10.5. The maximum absolute atomic E-state index is 4.92. The summed E-state index contributed by atoms with van der Waals surface area (Å²) in [5.41, 5.74) is 2.77. The predicted octanol–water partition coefficient (Wildman–Crippen LogP) is 2.55. The van der Waals surface area contributed by atoms with Crippen LogP contribution in [0.5, 0.6) is 0 Å². The van der Waals surface area contributed by atoms with Crippen LogP contribution in [-0.2, 0) is 13.1 Å². The molecule has 0 atom stereocenters. The fourth-order valence-corrected chi connectivity index (χ4v) is 2.06. The highest BCUT2D eigenvalue weighted by Crippen LogP contribution is 2.39. The molecule has 0 saturated heterocycles. The van der Waals surface area contributed by atoms with Crippen molar-refractivity contribution in [1.29, 1.82) is 0 Å². The van der Waals surface area contributed by atoms with E-state index in [4.69, 9.17) is 4.52 Å². The summed E-state index contributed by atoms with van der Waals surface area (Å²) in [5, 5.41) is 7.15. The third-order valence-electron chi connectivity index (χ3n) is 3.21. The van der Waals surface area contributed by atoms with E-state index in [2.05, 4.69) is 39.7 Å². The summed E-state index contributed by atoms with van der Waals surface area (Å²) < 4.78 is 4.92. The smallest absolute Gasteiger partial charge is 0.223 e. The van der Waals surface area contributed by atoms with Gasteiger partial charge in [-0.1, -0.05) is 29.4 Å². The van der Waals surface area contributed by atoms with Crippen LogP contribution in [0.3, 0.4) is 0 Å². The van der Waals surface area contributed by atoms with Gasteiger partial charge in [-0.15, -0.1) is 0 Å². The van der Waals surface area contributed by atoms with Gasteiger partial charge in [0.25, 0.3) is 0 Å². The molecule has 1 saturated carbocycles. The second kappa shape index (κ2) is 4.90. The molecule has 18 heavy (non-hydrogen) atoms. The number of nitrogens with one attached hydrogen (secondary N) is 1. The Morgan fingerprint density at radius 3 is 2.61 bits per heavy atom. The molecule has 2 aromatic rings. The van der Waals surface area contributed by atoms with Crippen molar-refractivity contribution in [3.8, 4) is 0 Å². The molecule has 1 aromatic heterocycles. The summed E-state index contributed by atoms with van der Waals surface area (Å²) in [7, 11) is 0. The van der Waals surface area contributed by atoms with E-state index in [-0.39, 0.29) is 0 Å². The molecular formula is C14H17N3O. The fraction of sp³-hybridized carbons (Fsp3) is 0.429. The van der Waals surface area contributed by atoms with Gasteiger partial charge in [0.1, 0.15) is 0 Å². The Labute approximate surface area is 106 Å². The minimum atomic E-state index is 0.612.